The number of carbonyl (C=O) groups excluding carboxylic acids is 1. The molecule has 0 spiro atoms. The molecule has 0 saturated heterocycles. The molecular formula is C21H27N3O2. The van der Waals surface area contributed by atoms with E-state index in [0.29, 0.717) is 13.0 Å². The van der Waals surface area contributed by atoms with E-state index in [2.05, 4.69) is 22.8 Å². The summed E-state index contributed by atoms with van der Waals surface area (Å²) in [5.74, 6) is 0.967. The summed E-state index contributed by atoms with van der Waals surface area (Å²) in [6, 6.07) is 12.1. The number of anilines is 2. The van der Waals surface area contributed by atoms with Crippen LogP contribution in [0.4, 0.5) is 11.4 Å². The van der Waals surface area contributed by atoms with E-state index in [1.807, 2.05) is 31.2 Å². The van der Waals surface area contributed by atoms with Gasteiger partial charge in [-0.05, 0) is 62.1 Å². The summed E-state index contributed by atoms with van der Waals surface area (Å²) in [5.41, 5.74) is 10.9. The van der Waals surface area contributed by atoms with Crippen LogP contribution >= 0.6 is 0 Å². The number of aryl methyl sites for hydroxylation is 2. The first kappa shape index (κ1) is 18.3. The molecular weight excluding hydrogens is 326 g/mol. The summed E-state index contributed by atoms with van der Waals surface area (Å²) in [6.07, 6.45) is 3.39. The number of hydrogen-bond donors (Lipinski definition) is 3. The van der Waals surface area contributed by atoms with Gasteiger partial charge < -0.3 is 21.1 Å². The van der Waals surface area contributed by atoms with Crippen LogP contribution in [0.5, 0.6) is 5.75 Å². The summed E-state index contributed by atoms with van der Waals surface area (Å²) < 4.78 is 5.94. The first-order chi connectivity index (χ1) is 12.6. The van der Waals surface area contributed by atoms with E-state index in [0.717, 1.165) is 60.6 Å². The molecule has 0 radical (unpaired) electrons. The van der Waals surface area contributed by atoms with E-state index >= 15 is 0 Å². The number of nitrogen functional groups attached to an aromatic ring is 1. The molecule has 1 heterocycles. The maximum absolute atomic E-state index is 11.6. The molecule has 138 valence electrons. The predicted octanol–water partition coefficient (Wildman–Crippen LogP) is 3.06. The van der Waals surface area contributed by atoms with Crippen molar-refractivity contribution in [1.82, 2.24) is 5.32 Å². The molecule has 2 aromatic rings. The lowest BCUT2D eigenvalue weighted by Gasteiger charge is -2.22. The van der Waals surface area contributed by atoms with E-state index in [1.54, 1.807) is 0 Å². The Morgan fingerprint density at radius 1 is 1.12 bits per heavy atom. The Bertz CT molecular complexity index is 757. The molecule has 0 bridgehead atoms. The second-order valence-corrected chi connectivity index (χ2v) is 6.73. The third kappa shape index (κ3) is 4.76. The molecule has 1 aliphatic rings. The Hall–Kier alpha value is -2.53. The van der Waals surface area contributed by atoms with Crippen LogP contribution in [0.25, 0.3) is 0 Å². The number of amides is 1. The molecule has 0 fully saturated rings. The summed E-state index contributed by atoms with van der Waals surface area (Å²) in [6.45, 7) is 4.38. The fourth-order valence-electron chi connectivity index (χ4n) is 3.20. The third-order valence-corrected chi connectivity index (χ3v) is 4.68. The Kier molecular flexibility index (Phi) is 6.12. The first-order valence-corrected chi connectivity index (χ1v) is 9.24. The molecule has 0 atom stereocenters. The molecule has 26 heavy (non-hydrogen) atoms. The van der Waals surface area contributed by atoms with Gasteiger partial charge in [-0.2, -0.15) is 0 Å². The highest BCUT2D eigenvalue weighted by molar-refractivity contribution is 5.95. The molecule has 0 unspecified atom stereocenters. The van der Waals surface area contributed by atoms with Crippen LogP contribution in [0.1, 0.15) is 29.5 Å². The predicted molar refractivity (Wildman–Crippen MR) is 106 cm³/mol. The van der Waals surface area contributed by atoms with Crippen LogP contribution in [0.3, 0.4) is 0 Å². The van der Waals surface area contributed by atoms with Crippen molar-refractivity contribution >= 4 is 17.3 Å². The Morgan fingerprint density at radius 2 is 1.92 bits per heavy atom. The van der Waals surface area contributed by atoms with Gasteiger partial charge in [0, 0.05) is 24.2 Å². The fourth-order valence-corrected chi connectivity index (χ4v) is 3.20. The number of rotatable bonds is 8. The van der Waals surface area contributed by atoms with Crippen molar-refractivity contribution < 1.29 is 9.53 Å². The second kappa shape index (κ2) is 8.72. The molecule has 0 saturated carbocycles. The smallest absolute Gasteiger partial charge is 0.224 e. The monoisotopic (exact) mass is 353 g/mol. The highest BCUT2D eigenvalue weighted by Gasteiger charge is 2.20. The van der Waals surface area contributed by atoms with Gasteiger partial charge in [-0.3, -0.25) is 4.79 Å². The summed E-state index contributed by atoms with van der Waals surface area (Å²) >= 11 is 0. The minimum Gasteiger partial charge on any atom is -0.492 e. The number of carbonyl (C=O) groups is 1. The van der Waals surface area contributed by atoms with Crippen molar-refractivity contribution in [3.05, 3.63) is 53.1 Å². The molecule has 3 rings (SSSR count). The SMILES string of the molecule is Cc1ccc(OCCNCCCc2ccc(N)cc2)c2c1NC(=O)CC2. The van der Waals surface area contributed by atoms with Gasteiger partial charge in [-0.25, -0.2) is 0 Å². The van der Waals surface area contributed by atoms with Crippen LogP contribution in [-0.2, 0) is 17.6 Å². The van der Waals surface area contributed by atoms with Crippen molar-refractivity contribution in [2.24, 2.45) is 0 Å². The number of hydrogen-bond acceptors (Lipinski definition) is 4. The molecule has 4 N–H and O–H groups in total. The van der Waals surface area contributed by atoms with Crippen molar-refractivity contribution in [2.75, 3.05) is 30.7 Å². The molecule has 2 aromatic carbocycles. The zero-order valence-corrected chi connectivity index (χ0v) is 15.3. The maximum atomic E-state index is 11.6. The lowest BCUT2D eigenvalue weighted by Crippen LogP contribution is -2.24. The molecule has 1 amide bonds. The first-order valence-electron chi connectivity index (χ1n) is 9.24. The van der Waals surface area contributed by atoms with Crippen LogP contribution in [0.2, 0.25) is 0 Å². The summed E-state index contributed by atoms with van der Waals surface area (Å²) in [4.78, 5) is 11.6. The van der Waals surface area contributed by atoms with Gasteiger partial charge in [0.15, 0.2) is 0 Å². The number of nitrogens with two attached hydrogens (primary N) is 1. The van der Waals surface area contributed by atoms with Gasteiger partial charge in [-0.15, -0.1) is 0 Å². The third-order valence-electron chi connectivity index (χ3n) is 4.68. The number of ether oxygens (including phenoxy) is 1. The van der Waals surface area contributed by atoms with E-state index in [4.69, 9.17) is 10.5 Å². The number of fused-ring (bicyclic) bond motifs is 1. The second-order valence-electron chi connectivity index (χ2n) is 6.73. The minimum atomic E-state index is 0.0838. The van der Waals surface area contributed by atoms with Gasteiger partial charge in [0.2, 0.25) is 5.91 Å². The topological polar surface area (TPSA) is 76.4 Å². The van der Waals surface area contributed by atoms with Crippen molar-refractivity contribution in [3.63, 3.8) is 0 Å². The maximum Gasteiger partial charge on any atom is 0.224 e. The van der Waals surface area contributed by atoms with E-state index < -0.39 is 0 Å². The normalized spacial score (nSPS) is 13.2. The molecule has 5 nitrogen and oxygen atoms in total. The molecule has 0 aromatic heterocycles. The number of nitrogens with one attached hydrogen (secondary N) is 2. The van der Waals surface area contributed by atoms with Gasteiger partial charge in [0.25, 0.3) is 0 Å². The standard InChI is InChI=1S/C21H27N3O2/c1-15-4-10-19(18-9-11-20(25)24-21(15)18)26-14-13-23-12-2-3-16-5-7-17(22)8-6-16/h4-8,10,23H,2-3,9,11-14,22H2,1H3,(H,24,25). The summed E-state index contributed by atoms with van der Waals surface area (Å²) in [5, 5.41) is 6.38. The zero-order chi connectivity index (χ0) is 18.4. The average Bonchev–Trinajstić information content (AvgIpc) is 2.64. The fraction of sp³-hybridized carbons (Fsp3) is 0.381. The molecule has 1 aliphatic heterocycles. The van der Waals surface area contributed by atoms with E-state index in [-0.39, 0.29) is 5.91 Å². The van der Waals surface area contributed by atoms with Crippen LogP contribution in [0.15, 0.2) is 36.4 Å². The Labute approximate surface area is 154 Å². The summed E-state index contributed by atoms with van der Waals surface area (Å²) in [7, 11) is 0. The quantitative estimate of drug-likeness (QED) is 0.503. The van der Waals surface area contributed by atoms with Crippen LogP contribution in [-0.4, -0.2) is 25.6 Å². The van der Waals surface area contributed by atoms with Gasteiger partial charge in [0.05, 0.1) is 5.69 Å². The lowest BCUT2D eigenvalue weighted by atomic mass is 9.98. The Morgan fingerprint density at radius 3 is 2.73 bits per heavy atom. The van der Waals surface area contributed by atoms with E-state index in [1.165, 1.54) is 5.56 Å². The molecule has 0 aliphatic carbocycles. The van der Waals surface area contributed by atoms with Crippen molar-refractivity contribution in [1.29, 1.82) is 0 Å². The lowest BCUT2D eigenvalue weighted by molar-refractivity contribution is -0.116. The Balaban J connectivity index is 1.38. The van der Waals surface area contributed by atoms with Gasteiger partial charge >= 0.3 is 0 Å². The molecule has 5 heteroatoms. The van der Waals surface area contributed by atoms with Gasteiger partial charge in [0.1, 0.15) is 12.4 Å². The van der Waals surface area contributed by atoms with Crippen LogP contribution in [0, 0.1) is 6.92 Å². The number of benzene rings is 2. The zero-order valence-electron chi connectivity index (χ0n) is 15.3. The van der Waals surface area contributed by atoms with Crippen LogP contribution < -0.4 is 21.1 Å². The van der Waals surface area contributed by atoms with E-state index in [9.17, 15) is 4.79 Å². The van der Waals surface area contributed by atoms with Gasteiger partial charge in [-0.1, -0.05) is 18.2 Å². The largest absolute Gasteiger partial charge is 0.492 e. The van der Waals surface area contributed by atoms with Crippen molar-refractivity contribution in [3.8, 4) is 5.75 Å². The minimum absolute atomic E-state index is 0.0838. The highest BCUT2D eigenvalue weighted by Crippen LogP contribution is 2.33. The van der Waals surface area contributed by atoms with Crippen molar-refractivity contribution in [2.45, 2.75) is 32.6 Å². The average molecular weight is 353 g/mol. The highest BCUT2D eigenvalue weighted by atomic mass is 16.5.